The Labute approximate surface area is 124 Å². The van der Waals surface area contributed by atoms with E-state index in [-0.39, 0.29) is 5.69 Å². The van der Waals surface area contributed by atoms with Crippen LogP contribution in [-0.2, 0) is 4.79 Å². The van der Waals surface area contributed by atoms with Gasteiger partial charge in [0.05, 0.1) is 5.02 Å². The lowest BCUT2D eigenvalue weighted by molar-refractivity contribution is -0.135. The van der Waals surface area contributed by atoms with Gasteiger partial charge >= 0.3 is 5.97 Å². The van der Waals surface area contributed by atoms with Gasteiger partial charge in [0, 0.05) is 16.9 Å². The number of amides is 1. The minimum Gasteiger partial charge on any atom is -0.480 e. The molecule has 0 unspecified atom stereocenters. The first kappa shape index (κ1) is 14.4. The fourth-order valence-electron chi connectivity index (χ4n) is 1.67. The number of aromatic amines is 1. The smallest absolute Gasteiger partial charge is 0.323 e. The van der Waals surface area contributed by atoms with Gasteiger partial charge in [-0.1, -0.05) is 23.2 Å². The van der Waals surface area contributed by atoms with E-state index in [1.807, 2.05) is 0 Å². The van der Waals surface area contributed by atoms with Crippen LogP contribution in [-0.4, -0.2) is 28.5 Å². The van der Waals surface area contributed by atoms with E-state index in [2.05, 4.69) is 4.98 Å². The molecular weight excluding hydrogens is 303 g/mol. The predicted octanol–water partition coefficient (Wildman–Crippen LogP) is 3.05. The molecule has 0 atom stereocenters. The van der Waals surface area contributed by atoms with E-state index in [9.17, 15) is 9.59 Å². The van der Waals surface area contributed by atoms with Gasteiger partial charge in [-0.3, -0.25) is 14.5 Å². The van der Waals surface area contributed by atoms with Crippen LogP contribution in [0.25, 0.3) is 0 Å². The van der Waals surface area contributed by atoms with Crippen molar-refractivity contribution in [2.45, 2.75) is 0 Å². The summed E-state index contributed by atoms with van der Waals surface area (Å²) in [5.74, 6) is -1.60. The van der Waals surface area contributed by atoms with Crippen LogP contribution in [0.1, 0.15) is 10.5 Å². The fourth-order valence-corrected chi connectivity index (χ4v) is 1.96. The molecule has 1 amide bonds. The second kappa shape index (κ2) is 5.98. The van der Waals surface area contributed by atoms with Gasteiger partial charge in [0.1, 0.15) is 12.2 Å². The third-order valence-electron chi connectivity index (χ3n) is 2.56. The maximum absolute atomic E-state index is 12.3. The molecule has 7 heteroatoms. The van der Waals surface area contributed by atoms with Crippen molar-refractivity contribution in [1.82, 2.24) is 4.98 Å². The average molecular weight is 313 g/mol. The van der Waals surface area contributed by atoms with Gasteiger partial charge in [0.25, 0.3) is 5.91 Å². The molecule has 2 N–H and O–H groups in total. The van der Waals surface area contributed by atoms with Gasteiger partial charge in [-0.05, 0) is 30.3 Å². The number of carboxylic acids is 1. The molecule has 0 aliphatic heterocycles. The van der Waals surface area contributed by atoms with Gasteiger partial charge in [-0.15, -0.1) is 0 Å². The zero-order valence-corrected chi connectivity index (χ0v) is 11.6. The first-order valence-electron chi connectivity index (χ1n) is 5.60. The third-order valence-corrected chi connectivity index (χ3v) is 3.03. The minimum absolute atomic E-state index is 0.214. The lowest BCUT2D eigenvalue weighted by Crippen LogP contribution is -2.35. The normalized spacial score (nSPS) is 10.3. The standard InChI is InChI=1S/C13H10Cl2N2O3/c14-8-1-3-10(4-2-8)17(7-12(18)19)13(20)11-5-9(15)6-16-11/h1-6,16H,7H2,(H,18,19). The number of H-pyrrole nitrogens is 1. The number of anilines is 1. The summed E-state index contributed by atoms with van der Waals surface area (Å²) < 4.78 is 0. The highest BCUT2D eigenvalue weighted by Gasteiger charge is 2.21. The summed E-state index contributed by atoms with van der Waals surface area (Å²) >= 11 is 11.5. The van der Waals surface area contributed by atoms with Crippen LogP contribution >= 0.6 is 23.2 Å². The summed E-state index contributed by atoms with van der Waals surface area (Å²) in [6.07, 6.45) is 1.45. The Balaban J connectivity index is 2.34. The number of carbonyl (C=O) groups is 2. The lowest BCUT2D eigenvalue weighted by atomic mass is 10.2. The summed E-state index contributed by atoms with van der Waals surface area (Å²) in [4.78, 5) is 27.1. The maximum atomic E-state index is 12.3. The van der Waals surface area contributed by atoms with Crippen molar-refractivity contribution in [2.75, 3.05) is 11.4 Å². The second-order valence-corrected chi connectivity index (χ2v) is 4.87. The quantitative estimate of drug-likeness (QED) is 0.911. The van der Waals surface area contributed by atoms with Crippen LogP contribution in [0, 0.1) is 0 Å². The molecule has 1 aromatic carbocycles. The van der Waals surface area contributed by atoms with Crippen molar-refractivity contribution in [3.63, 3.8) is 0 Å². The number of nitrogens with zero attached hydrogens (tertiary/aromatic N) is 1. The highest BCUT2D eigenvalue weighted by molar-refractivity contribution is 6.31. The van der Waals surface area contributed by atoms with Crippen LogP contribution in [0.15, 0.2) is 36.5 Å². The van der Waals surface area contributed by atoms with Crippen molar-refractivity contribution in [2.24, 2.45) is 0 Å². The van der Waals surface area contributed by atoms with E-state index in [1.54, 1.807) is 24.3 Å². The van der Waals surface area contributed by atoms with Crippen molar-refractivity contribution >= 4 is 40.8 Å². The number of nitrogens with one attached hydrogen (secondary N) is 1. The average Bonchev–Trinajstić information content (AvgIpc) is 2.83. The monoisotopic (exact) mass is 312 g/mol. The molecule has 20 heavy (non-hydrogen) atoms. The number of hydrogen-bond acceptors (Lipinski definition) is 2. The van der Waals surface area contributed by atoms with Gasteiger partial charge < -0.3 is 10.1 Å². The van der Waals surface area contributed by atoms with Gasteiger partial charge in [-0.2, -0.15) is 0 Å². The Hall–Kier alpha value is -1.98. The summed E-state index contributed by atoms with van der Waals surface area (Å²) in [5, 5.41) is 9.82. The molecule has 0 aliphatic rings. The first-order valence-corrected chi connectivity index (χ1v) is 6.36. The molecule has 0 aliphatic carbocycles. The minimum atomic E-state index is -1.12. The molecule has 1 heterocycles. The largest absolute Gasteiger partial charge is 0.480 e. The van der Waals surface area contributed by atoms with Crippen molar-refractivity contribution in [1.29, 1.82) is 0 Å². The zero-order chi connectivity index (χ0) is 14.7. The van der Waals surface area contributed by atoms with Crippen LogP contribution < -0.4 is 4.90 Å². The second-order valence-electron chi connectivity index (χ2n) is 3.99. The Bertz CT molecular complexity index is 637. The Kier molecular flexibility index (Phi) is 4.32. The molecule has 2 aromatic rings. The number of aliphatic carboxylic acids is 1. The fraction of sp³-hybridized carbons (Fsp3) is 0.0769. The van der Waals surface area contributed by atoms with E-state index in [0.29, 0.717) is 15.7 Å². The Morgan fingerprint density at radius 3 is 2.30 bits per heavy atom. The molecule has 0 saturated carbocycles. The SMILES string of the molecule is O=C(O)CN(C(=O)c1cc(Cl)c[nH]1)c1ccc(Cl)cc1. The molecule has 0 saturated heterocycles. The number of halogens is 2. The highest BCUT2D eigenvalue weighted by atomic mass is 35.5. The number of hydrogen-bond donors (Lipinski definition) is 2. The van der Waals surface area contributed by atoms with Crippen molar-refractivity contribution < 1.29 is 14.7 Å². The molecule has 0 spiro atoms. The molecule has 0 radical (unpaired) electrons. The van der Waals surface area contributed by atoms with E-state index >= 15 is 0 Å². The topological polar surface area (TPSA) is 73.4 Å². The van der Waals surface area contributed by atoms with Crippen LogP contribution in [0.5, 0.6) is 0 Å². The van der Waals surface area contributed by atoms with E-state index < -0.39 is 18.4 Å². The molecule has 5 nitrogen and oxygen atoms in total. The summed E-state index contributed by atoms with van der Waals surface area (Å²) in [6.45, 7) is -0.461. The Morgan fingerprint density at radius 1 is 1.15 bits per heavy atom. The summed E-state index contributed by atoms with van der Waals surface area (Å²) in [6, 6.07) is 7.76. The van der Waals surface area contributed by atoms with Gasteiger partial charge in [0.2, 0.25) is 0 Å². The van der Waals surface area contributed by atoms with Crippen LogP contribution in [0.2, 0.25) is 10.0 Å². The molecule has 0 fully saturated rings. The molecular formula is C13H10Cl2N2O3. The number of rotatable bonds is 4. The van der Waals surface area contributed by atoms with E-state index in [0.717, 1.165) is 4.90 Å². The first-order chi connectivity index (χ1) is 9.47. The van der Waals surface area contributed by atoms with Crippen LogP contribution in [0.3, 0.4) is 0 Å². The highest BCUT2D eigenvalue weighted by Crippen LogP contribution is 2.20. The third kappa shape index (κ3) is 3.31. The molecule has 0 bridgehead atoms. The number of aromatic nitrogens is 1. The van der Waals surface area contributed by atoms with Crippen LogP contribution in [0.4, 0.5) is 5.69 Å². The summed E-state index contributed by atoms with van der Waals surface area (Å²) in [7, 11) is 0. The molecule has 1 aromatic heterocycles. The summed E-state index contributed by atoms with van der Waals surface area (Å²) in [5.41, 5.74) is 0.652. The van der Waals surface area contributed by atoms with Crippen molar-refractivity contribution in [3.8, 4) is 0 Å². The zero-order valence-electron chi connectivity index (χ0n) is 10.1. The molecule has 104 valence electrons. The number of carboxylic acid groups (broad SMARTS) is 1. The molecule has 2 rings (SSSR count). The number of carbonyl (C=O) groups excluding carboxylic acids is 1. The number of benzene rings is 1. The van der Waals surface area contributed by atoms with Crippen molar-refractivity contribution in [3.05, 3.63) is 52.3 Å². The van der Waals surface area contributed by atoms with E-state index in [1.165, 1.54) is 12.3 Å². The van der Waals surface area contributed by atoms with Gasteiger partial charge in [0.15, 0.2) is 0 Å². The Morgan fingerprint density at radius 2 is 1.80 bits per heavy atom. The van der Waals surface area contributed by atoms with E-state index in [4.69, 9.17) is 28.3 Å². The van der Waals surface area contributed by atoms with Gasteiger partial charge in [-0.25, -0.2) is 0 Å². The predicted molar refractivity (Wildman–Crippen MR) is 76.6 cm³/mol. The lowest BCUT2D eigenvalue weighted by Gasteiger charge is -2.20. The maximum Gasteiger partial charge on any atom is 0.323 e.